The third-order valence-electron chi connectivity index (χ3n) is 3.16. The van der Waals surface area contributed by atoms with E-state index in [1.807, 2.05) is 12.1 Å². The monoisotopic (exact) mass is 411 g/mol. The molecule has 0 spiro atoms. The number of Topliss-reactive ketones (excluding diaryl/α,β-unsaturated/α-hetero) is 1. The van der Waals surface area contributed by atoms with Gasteiger partial charge in [-0.25, -0.2) is 0 Å². The zero-order valence-electron chi connectivity index (χ0n) is 12.0. The van der Waals surface area contributed by atoms with E-state index in [4.69, 9.17) is 11.6 Å². The average molecular weight is 413 g/mol. The van der Waals surface area contributed by atoms with E-state index in [9.17, 15) is 14.7 Å². The minimum absolute atomic E-state index is 0.0950. The number of halogens is 2. The normalized spacial score (nSPS) is 11.9. The molecule has 0 radical (unpaired) electrons. The highest BCUT2D eigenvalue weighted by Gasteiger charge is 2.17. The van der Waals surface area contributed by atoms with Gasteiger partial charge in [0, 0.05) is 27.2 Å². The van der Waals surface area contributed by atoms with E-state index in [1.165, 1.54) is 11.8 Å². The number of benzene rings is 2. The van der Waals surface area contributed by atoms with Gasteiger partial charge in [-0.2, -0.15) is 0 Å². The smallest absolute Gasteiger partial charge is 0.164 e. The van der Waals surface area contributed by atoms with Gasteiger partial charge in [-0.3, -0.25) is 4.79 Å². The third-order valence-corrected chi connectivity index (χ3v) is 5.21. The molecule has 0 unspecified atom stereocenters. The summed E-state index contributed by atoms with van der Waals surface area (Å²) in [4.78, 5) is 23.5. The third kappa shape index (κ3) is 5.68. The SMILES string of the molecule is O=C(C[C@H](SCc1ccc(Cl)cc1)C(=O)[O-])c1ccc(Br)cc1. The molecule has 0 aliphatic rings. The number of rotatable bonds is 7. The van der Waals surface area contributed by atoms with Crippen LogP contribution in [0.2, 0.25) is 5.02 Å². The Labute approximate surface area is 152 Å². The summed E-state index contributed by atoms with van der Waals surface area (Å²) in [5, 5.41) is 11.0. The number of hydrogen-bond donors (Lipinski definition) is 0. The van der Waals surface area contributed by atoms with Crippen molar-refractivity contribution in [2.75, 3.05) is 0 Å². The molecule has 0 heterocycles. The Bertz CT molecular complexity index is 686. The summed E-state index contributed by atoms with van der Waals surface area (Å²) in [6, 6.07) is 14.0. The first-order chi connectivity index (χ1) is 11.0. The van der Waals surface area contributed by atoms with Gasteiger partial charge in [-0.05, 0) is 29.8 Å². The molecule has 0 amide bonds. The predicted molar refractivity (Wildman–Crippen MR) is 94.6 cm³/mol. The summed E-state index contributed by atoms with van der Waals surface area (Å²) < 4.78 is 0.864. The zero-order valence-corrected chi connectivity index (χ0v) is 15.2. The second-order valence-corrected chi connectivity index (χ2v) is 7.42. The summed E-state index contributed by atoms with van der Waals surface area (Å²) >= 11 is 10.3. The van der Waals surface area contributed by atoms with Crippen molar-refractivity contribution in [1.29, 1.82) is 0 Å². The minimum atomic E-state index is -1.23. The molecule has 23 heavy (non-hydrogen) atoms. The lowest BCUT2D eigenvalue weighted by atomic mass is 10.1. The largest absolute Gasteiger partial charge is 0.549 e. The van der Waals surface area contributed by atoms with Crippen molar-refractivity contribution in [1.82, 2.24) is 0 Å². The molecule has 2 aromatic carbocycles. The molecule has 0 aromatic heterocycles. The number of ketones is 1. The van der Waals surface area contributed by atoms with E-state index in [0.717, 1.165) is 10.0 Å². The Morgan fingerprint density at radius 2 is 1.70 bits per heavy atom. The van der Waals surface area contributed by atoms with E-state index >= 15 is 0 Å². The summed E-state index contributed by atoms with van der Waals surface area (Å²) in [6.07, 6.45) is -0.0950. The van der Waals surface area contributed by atoms with Gasteiger partial charge >= 0.3 is 0 Å². The quantitative estimate of drug-likeness (QED) is 0.650. The van der Waals surface area contributed by atoms with Crippen LogP contribution in [0.4, 0.5) is 0 Å². The van der Waals surface area contributed by atoms with Gasteiger partial charge in [-0.15, -0.1) is 11.8 Å². The van der Waals surface area contributed by atoms with Crippen LogP contribution in [0.15, 0.2) is 53.0 Å². The molecule has 0 aliphatic heterocycles. The summed E-state index contributed by atoms with van der Waals surface area (Å²) in [7, 11) is 0. The molecule has 3 nitrogen and oxygen atoms in total. The number of carboxylic acids is 1. The number of carbonyl (C=O) groups excluding carboxylic acids is 2. The maximum Gasteiger partial charge on any atom is 0.164 e. The molecular formula is C17H13BrClO3S-. The highest BCUT2D eigenvalue weighted by molar-refractivity contribution is 9.10. The fourth-order valence-corrected chi connectivity index (χ4v) is 3.29. The molecule has 0 bridgehead atoms. The van der Waals surface area contributed by atoms with Gasteiger partial charge in [0.1, 0.15) is 0 Å². The van der Waals surface area contributed by atoms with Crippen LogP contribution >= 0.6 is 39.3 Å². The van der Waals surface area contributed by atoms with Crippen LogP contribution in [0.1, 0.15) is 22.3 Å². The van der Waals surface area contributed by atoms with Gasteiger partial charge in [0.15, 0.2) is 5.78 Å². The van der Waals surface area contributed by atoms with Crippen LogP contribution in [0.25, 0.3) is 0 Å². The first kappa shape index (κ1) is 18.0. The van der Waals surface area contributed by atoms with E-state index < -0.39 is 11.2 Å². The van der Waals surface area contributed by atoms with Crippen molar-refractivity contribution in [3.8, 4) is 0 Å². The van der Waals surface area contributed by atoms with E-state index in [2.05, 4.69) is 15.9 Å². The van der Waals surface area contributed by atoms with Crippen LogP contribution in [0.3, 0.4) is 0 Å². The Hall–Kier alpha value is -1.30. The van der Waals surface area contributed by atoms with E-state index in [0.29, 0.717) is 16.3 Å². The molecule has 6 heteroatoms. The first-order valence-electron chi connectivity index (χ1n) is 6.81. The minimum Gasteiger partial charge on any atom is -0.549 e. The summed E-state index contributed by atoms with van der Waals surface area (Å²) in [6.45, 7) is 0. The first-order valence-corrected chi connectivity index (χ1v) is 9.03. The number of aliphatic carboxylic acids is 1. The fraction of sp³-hybridized carbons (Fsp3) is 0.176. The topological polar surface area (TPSA) is 57.2 Å². The molecule has 0 fully saturated rings. The van der Waals surface area contributed by atoms with Crippen molar-refractivity contribution in [2.45, 2.75) is 17.4 Å². The Morgan fingerprint density at radius 3 is 2.26 bits per heavy atom. The molecule has 120 valence electrons. The van der Waals surface area contributed by atoms with E-state index in [-0.39, 0.29) is 12.2 Å². The molecule has 1 atom stereocenters. The Morgan fingerprint density at radius 1 is 1.09 bits per heavy atom. The highest BCUT2D eigenvalue weighted by Crippen LogP contribution is 2.23. The van der Waals surface area contributed by atoms with Crippen LogP contribution in [0, 0.1) is 0 Å². The van der Waals surface area contributed by atoms with Crippen LogP contribution in [-0.4, -0.2) is 17.0 Å². The van der Waals surface area contributed by atoms with Crippen LogP contribution in [0.5, 0.6) is 0 Å². The standard InChI is InChI=1S/C17H14BrClO3S/c18-13-5-3-12(4-6-13)15(20)9-16(17(21)22)23-10-11-1-7-14(19)8-2-11/h1-8,16H,9-10H2,(H,21,22)/p-1/t16-/m0/s1. The average Bonchev–Trinajstić information content (AvgIpc) is 2.53. The number of hydrogen-bond acceptors (Lipinski definition) is 4. The predicted octanol–water partition coefficient (Wildman–Crippen LogP) is 3.73. The maximum absolute atomic E-state index is 12.2. The van der Waals surface area contributed by atoms with E-state index in [1.54, 1.807) is 36.4 Å². The fourth-order valence-electron chi connectivity index (χ4n) is 1.91. The molecular weight excluding hydrogens is 400 g/mol. The second kappa shape index (κ2) is 8.52. The van der Waals surface area contributed by atoms with Crippen molar-refractivity contribution >= 4 is 51.0 Å². The van der Waals surface area contributed by atoms with Gasteiger partial charge in [0.2, 0.25) is 0 Å². The zero-order chi connectivity index (χ0) is 16.8. The maximum atomic E-state index is 12.2. The van der Waals surface area contributed by atoms with Crippen molar-refractivity contribution in [2.24, 2.45) is 0 Å². The number of thioether (sulfide) groups is 1. The van der Waals surface area contributed by atoms with Gasteiger partial charge in [0.25, 0.3) is 0 Å². The van der Waals surface area contributed by atoms with Crippen LogP contribution in [-0.2, 0) is 10.5 Å². The van der Waals surface area contributed by atoms with Gasteiger partial charge < -0.3 is 9.90 Å². The van der Waals surface area contributed by atoms with Crippen LogP contribution < -0.4 is 5.11 Å². The van der Waals surface area contributed by atoms with Gasteiger partial charge in [-0.1, -0.05) is 51.8 Å². The van der Waals surface area contributed by atoms with Gasteiger partial charge in [0.05, 0.1) is 11.2 Å². The Kier molecular flexibility index (Phi) is 6.69. The highest BCUT2D eigenvalue weighted by atomic mass is 79.9. The van der Waals surface area contributed by atoms with Crippen molar-refractivity contribution in [3.63, 3.8) is 0 Å². The lowest BCUT2D eigenvalue weighted by Crippen LogP contribution is -2.35. The summed E-state index contributed by atoms with van der Waals surface area (Å²) in [5.74, 6) is -0.964. The number of carbonyl (C=O) groups is 2. The van der Waals surface area contributed by atoms with Crippen molar-refractivity contribution < 1.29 is 14.7 Å². The van der Waals surface area contributed by atoms with Crippen molar-refractivity contribution in [3.05, 3.63) is 69.2 Å². The molecule has 0 aliphatic carbocycles. The molecule has 2 aromatic rings. The summed E-state index contributed by atoms with van der Waals surface area (Å²) in [5.41, 5.74) is 1.44. The lowest BCUT2D eigenvalue weighted by molar-refractivity contribution is -0.304. The Balaban J connectivity index is 1.98. The molecule has 0 saturated carbocycles. The second-order valence-electron chi connectivity index (χ2n) is 4.88. The molecule has 0 saturated heterocycles. The molecule has 2 rings (SSSR count). The molecule has 0 N–H and O–H groups in total. The number of carboxylic acid groups (broad SMARTS) is 1. The lowest BCUT2D eigenvalue weighted by Gasteiger charge is -2.17.